The van der Waals surface area contributed by atoms with Gasteiger partial charge in [-0.15, -0.1) is 10.2 Å². The Morgan fingerprint density at radius 3 is 2.50 bits per heavy atom. The molecule has 0 bridgehead atoms. The van der Waals surface area contributed by atoms with Crippen LogP contribution in [0.15, 0.2) is 53.5 Å². The van der Waals surface area contributed by atoms with Gasteiger partial charge in [-0.2, -0.15) is 0 Å². The topological polar surface area (TPSA) is 46.3 Å². The molecule has 0 unspecified atom stereocenters. The molecular formula is C20H20FN5. The number of aromatic nitrogens is 3. The van der Waals surface area contributed by atoms with E-state index in [-0.39, 0.29) is 5.82 Å². The molecule has 0 saturated heterocycles. The van der Waals surface area contributed by atoms with Crippen molar-refractivity contribution < 1.29 is 4.39 Å². The summed E-state index contributed by atoms with van der Waals surface area (Å²) in [5, 5.41) is 8.71. The Morgan fingerprint density at radius 1 is 1.00 bits per heavy atom. The molecule has 0 amide bonds. The molecule has 0 atom stereocenters. The minimum absolute atomic E-state index is 0.272. The van der Waals surface area contributed by atoms with E-state index in [1.807, 2.05) is 44.4 Å². The molecule has 0 N–H and O–H groups in total. The fourth-order valence-electron chi connectivity index (χ4n) is 3.21. The second kappa shape index (κ2) is 6.80. The molecule has 0 aliphatic carbocycles. The van der Waals surface area contributed by atoms with Crippen LogP contribution in [0, 0.1) is 5.82 Å². The van der Waals surface area contributed by atoms with Crippen LogP contribution in [0.25, 0.3) is 5.69 Å². The van der Waals surface area contributed by atoms with Gasteiger partial charge in [0.2, 0.25) is 0 Å². The zero-order valence-corrected chi connectivity index (χ0v) is 14.9. The van der Waals surface area contributed by atoms with Crippen molar-refractivity contribution in [2.24, 2.45) is 4.99 Å². The van der Waals surface area contributed by atoms with E-state index in [9.17, 15) is 4.39 Å². The van der Waals surface area contributed by atoms with Gasteiger partial charge >= 0.3 is 0 Å². The fraction of sp³-hybridized carbons (Fsp3) is 0.250. The Kier molecular flexibility index (Phi) is 4.34. The highest BCUT2D eigenvalue weighted by molar-refractivity contribution is 6.15. The zero-order valence-electron chi connectivity index (χ0n) is 14.9. The molecule has 0 spiro atoms. The van der Waals surface area contributed by atoms with Gasteiger partial charge in [-0.25, -0.2) is 4.39 Å². The summed E-state index contributed by atoms with van der Waals surface area (Å²) in [6.07, 6.45) is 0.781. The Hall–Kier alpha value is -2.86. The highest BCUT2D eigenvalue weighted by Gasteiger charge is 2.23. The molecule has 1 aliphatic rings. The van der Waals surface area contributed by atoms with Gasteiger partial charge in [-0.05, 0) is 32.3 Å². The van der Waals surface area contributed by atoms with Crippen molar-refractivity contribution in [1.29, 1.82) is 0 Å². The maximum absolute atomic E-state index is 14.4. The van der Waals surface area contributed by atoms with E-state index >= 15 is 0 Å². The molecule has 1 aliphatic heterocycles. The third-order valence-corrected chi connectivity index (χ3v) is 4.49. The van der Waals surface area contributed by atoms with Crippen molar-refractivity contribution >= 4 is 5.71 Å². The van der Waals surface area contributed by atoms with E-state index in [4.69, 9.17) is 0 Å². The lowest BCUT2D eigenvalue weighted by Gasteiger charge is -2.14. The first-order valence-electron chi connectivity index (χ1n) is 8.62. The molecule has 26 heavy (non-hydrogen) atoms. The minimum Gasteiger partial charge on any atom is -0.309 e. The van der Waals surface area contributed by atoms with Crippen molar-refractivity contribution in [3.05, 3.63) is 77.1 Å². The van der Waals surface area contributed by atoms with E-state index in [1.165, 1.54) is 6.07 Å². The lowest BCUT2D eigenvalue weighted by Crippen LogP contribution is -2.18. The monoisotopic (exact) mass is 349 g/mol. The van der Waals surface area contributed by atoms with Gasteiger partial charge in [-0.1, -0.05) is 30.3 Å². The standard InChI is InChI=1S/C20H20FN5/c1-25(2)12-11-18-23-24-19-13-22-20(14-7-3-5-9-16(14)21)15-8-4-6-10-17(15)26(18)19/h3-10H,11-13H2,1-2H3. The first kappa shape index (κ1) is 16.6. The molecule has 4 rings (SSSR count). The SMILES string of the molecule is CN(C)CCc1nnc2n1-c1ccccc1C(c1ccccc1F)=NC2. The molecule has 2 aromatic carbocycles. The smallest absolute Gasteiger partial charge is 0.159 e. The highest BCUT2D eigenvalue weighted by atomic mass is 19.1. The van der Waals surface area contributed by atoms with E-state index in [0.717, 1.165) is 35.9 Å². The molecule has 0 fully saturated rings. The lowest BCUT2D eigenvalue weighted by atomic mass is 10.00. The van der Waals surface area contributed by atoms with Gasteiger partial charge in [-0.3, -0.25) is 9.56 Å². The largest absolute Gasteiger partial charge is 0.309 e. The van der Waals surface area contributed by atoms with Gasteiger partial charge in [0.05, 0.1) is 11.4 Å². The predicted molar refractivity (Wildman–Crippen MR) is 99.4 cm³/mol. The molecule has 0 saturated carbocycles. The molecule has 6 heteroatoms. The summed E-state index contributed by atoms with van der Waals surface area (Å²) in [7, 11) is 4.07. The number of nitrogens with zero attached hydrogens (tertiary/aromatic N) is 5. The number of fused-ring (bicyclic) bond motifs is 3. The Morgan fingerprint density at radius 2 is 1.73 bits per heavy atom. The third-order valence-electron chi connectivity index (χ3n) is 4.49. The van der Waals surface area contributed by atoms with Crippen LogP contribution in [0.5, 0.6) is 0 Å². The maximum Gasteiger partial charge on any atom is 0.159 e. The molecule has 3 aromatic rings. The lowest BCUT2D eigenvalue weighted by molar-refractivity contribution is 0.408. The van der Waals surface area contributed by atoms with Crippen LogP contribution in [-0.4, -0.2) is 46.0 Å². The van der Waals surface area contributed by atoms with Gasteiger partial charge in [0.25, 0.3) is 0 Å². The first-order valence-corrected chi connectivity index (χ1v) is 8.62. The average Bonchev–Trinajstić information content (AvgIpc) is 2.97. The third kappa shape index (κ3) is 2.93. The summed E-state index contributed by atoms with van der Waals surface area (Å²) in [5.74, 6) is 1.40. The van der Waals surface area contributed by atoms with E-state index in [0.29, 0.717) is 17.8 Å². The van der Waals surface area contributed by atoms with Crippen molar-refractivity contribution in [3.8, 4) is 5.69 Å². The quantitative estimate of drug-likeness (QED) is 0.728. The molecule has 5 nitrogen and oxygen atoms in total. The maximum atomic E-state index is 14.4. The summed E-state index contributed by atoms with van der Waals surface area (Å²) in [5.41, 5.74) is 3.00. The number of para-hydroxylation sites is 1. The second-order valence-corrected chi connectivity index (χ2v) is 6.58. The fourth-order valence-corrected chi connectivity index (χ4v) is 3.21. The summed E-state index contributed by atoms with van der Waals surface area (Å²) < 4.78 is 16.5. The average molecular weight is 349 g/mol. The second-order valence-electron chi connectivity index (χ2n) is 6.58. The van der Waals surface area contributed by atoms with Crippen LogP contribution < -0.4 is 0 Å². The van der Waals surface area contributed by atoms with Crippen molar-refractivity contribution in [2.45, 2.75) is 13.0 Å². The normalized spacial score (nSPS) is 13.2. The minimum atomic E-state index is -0.272. The summed E-state index contributed by atoms with van der Waals surface area (Å²) in [6, 6.07) is 14.7. The Labute approximate surface area is 151 Å². The first-order chi connectivity index (χ1) is 12.6. The number of hydrogen-bond acceptors (Lipinski definition) is 4. The zero-order chi connectivity index (χ0) is 18.1. The van der Waals surface area contributed by atoms with E-state index in [2.05, 4.69) is 24.7 Å². The summed E-state index contributed by atoms with van der Waals surface area (Å²) >= 11 is 0. The molecule has 0 radical (unpaired) electrons. The van der Waals surface area contributed by atoms with Gasteiger partial charge < -0.3 is 4.90 Å². The van der Waals surface area contributed by atoms with Crippen LogP contribution in [0.2, 0.25) is 0 Å². The highest BCUT2D eigenvalue weighted by Crippen LogP contribution is 2.26. The number of benzene rings is 2. The molecule has 2 heterocycles. The van der Waals surface area contributed by atoms with Crippen molar-refractivity contribution in [3.63, 3.8) is 0 Å². The number of likely N-dealkylation sites (N-methyl/N-ethyl adjacent to an activating group) is 1. The number of halogens is 1. The van der Waals surface area contributed by atoms with E-state index < -0.39 is 0 Å². The van der Waals surface area contributed by atoms with E-state index in [1.54, 1.807) is 12.1 Å². The Bertz CT molecular complexity index is 974. The van der Waals surface area contributed by atoms with Crippen LogP contribution in [0.4, 0.5) is 4.39 Å². The number of aliphatic imine (C=N–C) groups is 1. The summed E-state index contributed by atoms with van der Waals surface area (Å²) in [4.78, 5) is 6.81. The summed E-state index contributed by atoms with van der Waals surface area (Å²) in [6.45, 7) is 1.24. The van der Waals surface area contributed by atoms with Crippen molar-refractivity contribution in [1.82, 2.24) is 19.7 Å². The Balaban J connectivity index is 1.86. The van der Waals surface area contributed by atoms with Gasteiger partial charge in [0.1, 0.15) is 18.2 Å². The van der Waals surface area contributed by atoms with Crippen molar-refractivity contribution in [2.75, 3.05) is 20.6 Å². The molecule has 132 valence electrons. The number of hydrogen-bond donors (Lipinski definition) is 0. The van der Waals surface area contributed by atoms with Crippen LogP contribution in [0.1, 0.15) is 22.8 Å². The van der Waals surface area contributed by atoms with Crippen LogP contribution in [-0.2, 0) is 13.0 Å². The predicted octanol–water partition coefficient (Wildman–Crippen LogP) is 2.86. The van der Waals surface area contributed by atoms with Crippen LogP contribution >= 0.6 is 0 Å². The van der Waals surface area contributed by atoms with Crippen LogP contribution in [0.3, 0.4) is 0 Å². The molecule has 1 aromatic heterocycles. The van der Waals surface area contributed by atoms with Gasteiger partial charge in [0.15, 0.2) is 5.82 Å². The molecular weight excluding hydrogens is 329 g/mol. The number of rotatable bonds is 4. The van der Waals surface area contributed by atoms with Gasteiger partial charge in [0, 0.05) is 24.1 Å².